The normalized spacial score (nSPS) is 12.0. The third-order valence-electron chi connectivity index (χ3n) is 5.32. The Morgan fingerprint density at radius 2 is 1.81 bits per heavy atom. The summed E-state index contributed by atoms with van der Waals surface area (Å²) in [6.07, 6.45) is 2.70. The molecule has 0 fully saturated rings. The maximum atomic E-state index is 12.4. The zero-order valence-electron chi connectivity index (χ0n) is 18.0. The van der Waals surface area contributed by atoms with E-state index in [-0.39, 0.29) is 11.8 Å². The number of halogens is 1. The number of rotatable bonds is 8. The van der Waals surface area contributed by atoms with Gasteiger partial charge in [-0.25, -0.2) is 14.6 Å². The number of nitrogens with one attached hydrogen (secondary N) is 2. The molecule has 0 aliphatic carbocycles. The van der Waals surface area contributed by atoms with Crippen molar-refractivity contribution < 1.29 is 4.79 Å². The van der Waals surface area contributed by atoms with E-state index in [1.54, 1.807) is 30.5 Å². The fourth-order valence-electron chi connectivity index (χ4n) is 3.32. The molecule has 0 saturated heterocycles. The molecule has 0 radical (unpaired) electrons. The molecule has 7 nitrogen and oxygen atoms in total. The van der Waals surface area contributed by atoms with Crippen molar-refractivity contribution in [3.05, 3.63) is 77.2 Å². The lowest BCUT2D eigenvalue weighted by molar-refractivity contribution is 0.0955. The number of anilines is 1. The molecule has 4 rings (SSSR count). The van der Waals surface area contributed by atoms with Crippen molar-refractivity contribution >= 4 is 34.4 Å². The zero-order valence-corrected chi connectivity index (χ0v) is 18.8. The molecular formula is C24H25ClN6O. The highest BCUT2D eigenvalue weighted by atomic mass is 35.5. The van der Waals surface area contributed by atoms with E-state index >= 15 is 0 Å². The second kappa shape index (κ2) is 9.78. The molecule has 32 heavy (non-hydrogen) atoms. The molecule has 0 unspecified atom stereocenters. The maximum absolute atomic E-state index is 12.4. The van der Waals surface area contributed by atoms with Crippen LogP contribution in [0.15, 0.2) is 60.8 Å². The smallest absolute Gasteiger partial charge is 0.252 e. The Hall–Kier alpha value is -3.45. The van der Waals surface area contributed by atoms with Gasteiger partial charge in [0.25, 0.3) is 5.91 Å². The molecule has 2 aromatic carbocycles. The highest BCUT2D eigenvalue weighted by Gasteiger charge is 2.17. The van der Waals surface area contributed by atoms with E-state index in [9.17, 15) is 4.79 Å². The molecule has 1 atom stereocenters. The van der Waals surface area contributed by atoms with Crippen LogP contribution in [0.2, 0.25) is 5.02 Å². The molecule has 2 heterocycles. The number of hydrogen-bond donors (Lipinski definition) is 2. The van der Waals surface area contributed by atoms with Gasteiger partial charge >= 0.3 is 0 Å². The second-order valence-corrected chi connectivity index (χ2v) is 7.94. The van der Waals surface area contributed by atoms with Crippen LogP contribution in [0.4, 0.5) is 5.82 Å². The van der Waals surface area contributed by atoms with Crippen molar-refractivity contribution in [2.24, 2.45) is 0 Å². The summed E-state index contributed by atoms with van der Waals surface area (Å²) in [7, 11) is 0. The Morgan fingerprint density at radius 1 is 1.06 bits per heavy atom. The third-order valence-corrected chi connectivity index (χ3v) is 5.65. The van der Waals surface area contributed by atoms with Gasteiger partial charge in [-0.3, -0.25) is 4.79 Å². The molecule has 4 aromatic rings. The van der Waals surface area contributed by atoms with Gasteiger partial charge in [0, 0.05) is 19.0 Å². The van der Waals surface area contributed by atoms with Crippen molar-refractivity contribution in [3.8, 4) is 5.69 Å². The standard InChI is InChI=1S/C24H25ClN6O/c1-3-16(2)21-29-22(26-13-14-27-24(32)18-11-7-8-12-20(18)25)19-15-28-31(23(19)30-21)17-9-5-4-6-10-17/h4-12,15-16H,3,13-14H2,1-2H3,(H,27,32)(H,26,29,30)/t16-/m1/s1. The van der Waals surface area contributed by atoms with Crippen LogP contribution in [0, 0.1) is 0 Å². The van der Waals surface area contributed by atoms with Crippen LogP contribution in [0.1, 0.15) is 42.4 Å². The van der Waals surface area contributed by atoms with Crippen LogP contribution in [0.5, 0.6) is 0 Å². The first-order valence-corrected chi connectivity index (χ1v) is 11.0. The first kappa shape index (κ1) is 21.8. The van der Waals surface area contributed by atoms with Crippen molar-refractivity contribution in [1.29, 1.82) is 0 Å². The van der Waals surface area contributed by atoms with Gasteiger partial charge in [0.05, 0.1) is 27.9 Å². The first-order valence-electron chi connectivity index (χ1n) is 10.7. The molecule has 0 aliphatic heterocycles. The van der Waals surface area contributed by atoms with Crippen molar-refractivity contribution in [1.82, 2.24) is 25.1 Å². The van der Waals surface area contributed by atoms with Gasteiger partial charge < -0.3 is 10.6 Å². The summed E-state index contributed by atoms with van der Waals surface area (Å²) in [6.45, 7) is 5.14. The summed E-state index contributed by atoms with van der Waals surface area (Å²) >= 11 is 6.10. The number of carbonyl (C=O) groups excluding carboxylic acids is 1. The maximum Gasteiger partial charge on any atom is 0.252 e. The highest BCUT2D eigenvalue weighted by molar-refractivity contribution is 6.33. The van der Waals surface area contributed by atoms with Gasteiger partial charge in [-0.1, -0.05) is 55.8 Å². The molecule has 164 valence electrons. The van der Waals surface area contributed by atoms with Crippen LogP contribution >= 0.6 is 11.6 Å². The molecule has 0 saturated carbocycles. The number of fused-ring (bicyclic) bond motifs is 1. The van der Waals surface area contributed by atoms with E-state index in [0.29, 0.717) is 29.5 Å². The van der Waals surface area contributed by atoms with Crippen LogP contribution in [0.3, 0.4) is 0 Å². The summed E-state index contributed by atoms with van der Waals surface area (Å²) < 4.78 is 1.83. The Labute approximate surface area is 191 Å². The van der Waals surface area contributed by atoms with Crippen LogP contribution in [0.25, 0.3) is 16.7 Å². The topological polar surface area (TPSA) is 84.7 Å². The monoisotopic (exact) mass is 448 g/mol. The van der Waals surface area contributed by atoms with Crippen LogP contribution < -0.4 is 10.6 Å². The van der Waals surface area contributed by atoms with E-state index in [0.717, 1.165) is 29.0 Å². The predicted molar refractivity (Wildman–Crippen MR) is 128 cm³/mol. The molecule has 2 N–H and O–H groups in total. The SMILES string of the molecule is CC[C@@H](C)c1nc(NCCNC(=O)c2ccccc2Cl)c2cnn(-c3ccccc3)c2n1. The Morgan fingerprint density at radius 3 is 2.56 bits per heavy atom. The lowest BCUT2D eigenvalue weighted by Gasteiger charge is -2.13. The average molecular weight is 449 g/mol. The molecule has 0 aliphatic rings. The van der Waals surface area contributed by atoms with E-state index in [1.165, 1.54) is 0 Å². The number of para-hydroxylation sites is 1. The predicted octanol–water partition coefficient (Wildman–Crippen LogP) is 4.82. The van der Waals surface area contributed by atoms with Crippen molar-refractivity contribution in [2.75, 3.05) is 18.4 Å². The summed E-state index contributed by atoms with van der Waals surface area (Å²) in [4.78, 5) is 21.9. The molecule has 0 spiro atoms. The second-order valence-electron chi connectivity index (χ2n) is 7.53. The molecule has 0 bridgehead atoms. The number of hydrogen-bond acceptors (Lipinski definition) is 5. The fraction of sp³-hybridized carbons (Fsp3) is 0.250. The molecule has 1 amide bonds. The minimum atomic E-state index is -0.206. The first-order chi connectivity index (χ1) is 15.6. The van der Waals surface area contributed by atoms with Crippen molar-refractivity contribution in [2.45, 2.75) is 26.2 Å². The molecular weight excluding hydrogens is 424 g/mol. The van der Waals surface area contributed by atoms with E-state index in [4.69, 9.17) is 21.6 Å². The summed E-state index contributed by atoms with van der Waals surface area (Å²) in [6, 6.07) is 16.9. The van der Waals surface area contributed by atoms with Gasteiger partial charge in [-0.15, -0.1) is 0 Å². The van der Waals surface area contributed by atoms with E-state index in [2.05, 4.69) is 29.6 Å². The van der Waals surface area contributed by atoms with E-state index in [1.807, 2.05) is 35.0 Å². The number of aromatic nitrogens is 4. The van der Waals surface area contributed by atoms with Gasteiger partial charge in [0.2, 0.25) is 0 Å². The fourth-order valence-corrected chi connectivity index (χ4v) is 3.54. The minimum absolute atomic E-state index is 0.206. The largest absolute Gasteiger partial charge is 0.368 e. The minimum Gasteiger partial charge on any atom is -0.368 e. The summed E-state index contributed by atoms with van der Waals surface area (Å²) in [5.41, 5.74) is 2.15. The van der Waals surface area contributed by atoms with E-state index < -0.39 is 0 Å². The average Bonchev–Trinajstić information content (AvgIpc) is 3.26. The van der Waals surface area contributed by atoms with Crippen LogP contribution in [-0.4, -0.2) is 38.7 Å². The number of carbonyl (C=O) groups is 1. The van der Waals surface area contributed by atoms with Crippen LogP contribution in [-0.2, 0) is 0 Å². The van der Waals surface area contributed by atoms with Gasteiger partial charge in [-0.05, 0) is 30.7 Å². The Kier molecular flexibility index (Phi) is 6.66. The summed E-state index contributed by atoms with van der Waals surface area (Å²) in [5.74, 6) is 1.47. The number of benzene rings is 2. The lowest BCUT2D eigenvalue weighted by Crippen LogP contribution is -2.29. The number of nitrogens with zero attached hydrogens (tertiary/aromatic N) is 4. The van der Waals surface area contributed by atoms with Crippen molar-refractivity contribution in [3.63, 3.8) is 0 Å². The molecule has 8 heteroatoms. The third kappa shape index (κ3) is 4.57. The zero-order chi connectivity index (χ0) is 22.5. The quantitative estimate of drug-likeness (QED) is 0.377. The van der Waals surface area contributed by atoms with Gasteiger partial charge in [-0.2, -0.15) is 5.10 Å². The van der Waals surface area contributed by atoms with Gasteiger partial charge in [0.15, 0.2) is 5.65 Å². The summed E-state index contributed by atoms with van der Waals surface area (Å²) in [5, 5.41) is 12.0. The Balaban J connectivity index is 1.54. The van der Waals surface area contributed by atoms with Gasteiger partial charge in [0.1, 0.15) is 11.6 Å². The Bertz CT molecular complexity index is 1220. The number of amides is 1. The lowest BCUT2D eigenvalue weighted by atomic mass is 10.1. The molecule has 2 aromatic heterocycles. The highest BCUT2D eigenvalue weighted by Crippen LogP contribution is 2.26.